The van der Waals surface area contributed by atoms with Gasteiger partial charge in [0.2, 0.25) is 5.75 Å². The monoisotopic (exact) mass is 349 g/mol. The predicted octanol–water partition coefficient (Wildman–Crippen LogP) is 1.58. The molecule has 0 spiro atoms. The predicted molar refractivity (Wildman–Crippen MR) is 53.4 cm³/mol. The molecule has 1 heterocycles. The number of carboxylic acid groups (broad SMARTS) is 1. The zero-order chi connectivity index (χ0) is 12.5. The van der Waals surface area contributed by atoms with Gasteiger partial charge in [-0.15, -0.1) is 13.2 Å². The van der Waals surface area contributed by atoms with Crippen molar-refractivity contribution >= 4 is 28.6 Å². The lowest BCUT2D eigenvalue weighted by Crippen LogP contribution is -2.24. The Hall–Kier alpha value is -1.26. The molecule has 9 heteroatoms. The van der Waals surface area contributed by atoms with Gasteiger partial charge in [0.1, 0.15) is 0 Å². The van der Waals surface area contributed by atoms with Gasteiger partial charge in [-0.3, -0.25) is 4.79 Å². The Morgan fingerprint density at radius 2 is 2.06 bits per heavy atom. The van der Waals surface area contributed by atoms with E-state index in [0.29, 0.717) is 0 Å². The zero-order valence-corrected chi connectivity index (χ0v) is 9.42. The van der Waals surface area contributed by atoms with E-state index in [9.17, 15) is 22.8 Å². The maximum Gasteiger partial charge on any atom is 0.573 e. The molecule has 0 radical (unpaired) electrons. The van der Waals surface area contributed by atoms with E-state index in [1.54, 1.807) is 0 Å². The quantitative estimate of drug-likeness (QED) is 0.795. The van der Waals surface area contributed by atoms with Crippen LogP contribution in [0.5, 0.6) is 5.75 Å². The van der Waals surface area contributed by atoms with Gasteiger partial charge in [-0.25, -0.2) is 4.79 Å². The molecule has 0 atom stereocenters. The molecule has 0 aliphatic carbocycles. The average Bonchev–Trinajstić information content (AvgIpc) is 2.10. The summed E-state index contributed by atoms with van der Waals surface area (Å²) in [6, 6.07) is 0. The van der Waals surface area contributed by atoms with E-state index < -0.39 is 32.8 Å². The highest BCUT2D eigenvalue weighted by Gasteiger charge is 2.34. The Balaban J connectivity index is 3.33. The Morgan fingerprint density at radius 1 is 1.50 bits per heavy atom. The van der Waals surface area contributed by atoms with Crippen molar-refractivity contribution in [2.75, 3.05) is 0 Å². The molecule has 88 valence electrons. The molecule has 0 aromatic carbocycles. The molecule has 0 unspecified atom stereocenters. The molecule has 16 heavy (non-hydrogen) atoms. The van der Waals surface area contributed by atoms with Gasteiger partial charge in [-0.2, -0.15) is 0 Å². The molecule has 1 aromatic heterocycles. The molecule has 0 amide bonds. The molecule has 1 rings (SSSR count). The van der Waals surface area contributed by atoms with Crippen LogP contribution in [0, 0.1) is 3.57 Å². The number of hydrogen-bond donors (Lipinski definition) is 2. The first-order valence-corrected chi connectivity index (χ1v) is 4.70. The number of rotatable bonds is 2. The minimum atomic E-state index is -5.05. The van der Waals surface area contributed by atoms with Crippen LogP contribution in [0.3, 0.4) is 0 Å². The SMILES string of the molecule is O=C(O)c1c[nH]c(=O)c(OC(F)(F)F)c1I. The van der Waals surface area contributed by atoms with Gasteiger partial charge in [0.15, 0.2) is 0 Å². The van der Waals surface area contributed by atoms with E-state index >= 15 is 0 Å². The number of hydrogen-bond acceptors (Lipinski definition) is 3. The number of nitrogens with one attached hydrogen (secondary N) is 1. The molecular weight excluding hydrogens is 346 g/mol. The molecule has 5 nitrogen and oxygen atoms in total. The first-order chi connectivity index (χ1) is 7.22. The number of aromatic amines is 1. The molecule has 0 saturated heterocycles. The van der Waals surface area contributed by atoms with Crippen LogP contribution in [-0.2, 0) is 0 Å². The number of aromatic carboxylic acids is 1. The highest BCUT2D eigenvalue weighted by Crippen LogP contribution is 2.25. The first-order valence-electron chi connectivity index (χ1n) is 3.62. The number of alkyl halides is 3. The van der Waals surface area contributed by atoms with E-state index in [1.165, 1.54) is 22.6 Å². The van der Waals surface area contributed by atoms with Crippen LogP contribution < -0.4 is 10.3 Å². The fourth-order valence-corrected chi connectivity index (χ4v) is 1.59. The van der Waals surface area contributed by atoms with Crippen molar-refractivity contribution in [2.45, 2.75) is 6.36 Å². The minimum Gasteiger partial charge on any atom is -0.478 e. The van der Waals surface area contributed by atoms with E-state index in [1.807, 2.05) is 4.98 Å². The van der Waals surface area contributed by atoms with Gasteiger partial charge in [0.25, 0.3) is 5.56 Å². The Morgan fingerprint density at radius 3 is 2.50 bits per heavy atom. The normalized spacial score (nSPS) is 11.2. The highest BCUT2D eigenvalue weighted by atomic mass is 127. The van der Waals surface area contributed by atoms with Crippen molar-refractivity contribution in [2.24, 2.45) is 0 Å². The summed E-state index contributed by atoms with van der Waals surface area (Å²) in [7, 11) is 0. The second kappa shape index (κ2) is 4.31. The number of H-pyrrole nitrogens is 1. The lowest BCUT2D eigenvalue weighted by molar-refractivity contribution is -0.275. The van der Waals surface area contributed by atoms with E-state index in [-0.39, 0.29) is 0 Å². The van der Waals surface area contributed by atoms with Gasteiger partial charge in [-0.1, -0.05) is 0 Å². The molecule has 0 saturated carbocycles. The van der Waals surface area contributed by atoms with E-state index in [4.69, 9.17) is 5.11 Å². The summed E-state index contributed by atoms with van der Waals surface area (Å²) in [4.78, 5) is 23.4. The average molecular weight is 349 g/mol. The Labute approximate surface area is 99.4 Å². The van der Waals surface area contributed by atoms with Crippen molar-refractivity contribution in [3.63, 3.8) is 0 Å². The standard InChI is InChI=1S/C7H3F3INO4/c8-7(9,10)16-4-3(11)2(6(14)15)1-12-5(4)13/h1H,(H,12,13)(H,14,15). The second-order valence-electron chi connectivity index (χ2n) is 2.53. The summed E-state index contributed by atoms with van der Waals surface area (Å²) >= 11 is 1.30. The minimum absolute atomic E-state index is 0.411. The smallest absolute Gasteiger partial charge is 0.478 e. The van der Waals surface area contributed by atoms with Crippen LogP contribution in [0.25, 0.3) is 0 Å². The number of carboxylic acids is 1. The molecule has 0 fully saturated rings. The topological polar surface area (TPSA) is 79.4 Å². The third-order valence-corrected chi connectivity index (χ3v) is 2.51. The van der Waals surface area contributed by atoms with Crippen LogP contribution in [-0.4, -0.2) is 22.4 Å². The highest BCUT2D eigenvalue weighted by molar-refractivity contribution is 14.1. The number of ether oxygens (including phenoxy) is 1. The fourth-order valence-electron chi connectivity index (χ4n) is 0.851. The lowest BCUT2D eigenvalue weighted by atomic mass is 10.3. The van der Waals surface area contributed by atoms with Crippen LogP contribution >= 0.6 is 22.6 Å². The number of halogens is 4. The molecule has 0 aliphatic heterocycles. The number of pyridine rings is 1. The molecule has 1 aromatic rings. The molecule has 0 aliphatic rings. The van der Waals surface area contributed by atoms with Gasteiger partial charge < -0.3 is 14.8 Å². The second-order valence-corrected chi connectivity index (χ2v) is 3.61. The number of carbonyl (C=O) groups is 1. The van der Waals surface area contributed by atoms with Gasteiger partial charge >= 0.3 is 12.3 Å². The molecule has 0 bridgehead atoms. The van der Waals surface area contributed by atoms with Crippen LogP contribution in [0.15, 0.2) is 11.0 Å². The van der Waals surface area contributed by atoms with Crippen molar-refractivity contribution in [1.82, 2.24) is 4.98 Å². The Kier molecular flexibility index (Phi) is 3.45. The fraction of sp³-hybridized carbons (Fsp3) is 0.143. The van der Waals surface area contributed by atoms with Crippen molar-refractivity contribution < 1.29 is 27.8 Å². The van der Waals surface area contributed by atoms with Crippen molar-refractivity contribution in [3.05, 3.63) is 25.7 Å². The maximum atomic E-state index is 11.9. The van der Waals surface area contributed by atoms with Gasteiger partial charge in [0.05, 0.1) is 9.13 Å². The molecule has 2 N–H and O–H groups in total. The maximum absolute atomic E-state index is 11.9. The summed E-state index contributed by atoms with van der Waals surface area (Å²) in [6.07, 6.45) is -4.25. The van der Waals surface area contributed by atoms with Gasteiger partial charge in [0, 0.05) is 6.20 Å². The summed E-state index contributed by atoms with van der Waals surface area (Å²) in [5.74, 6) is -2.54. The molecular formula is C7H3F3INO4. The first kappa shape index (κ1) is 12.8. The summed E-state index contributed by atoms with van der Waals surface area (Å²) < 4.78 is 38.8. The van der Waals surface area contributed by atoms with E-state index in [2.05, 4.69) is 4.74 Å². The van der Waals surface area contributed by atoms with Crippen molar-refractivity contribution in [3.8, 4) is 5.75 Å². The van der Waals surface area contributed by atoms with Crippen LogP contribution in [0.4, 0.5) is 13.2 Å². The lowest BCUT2D eigenvalue weighted by Gasteiger charge is -2.10. The summed E-state index contributed by atoms with van der Waals surface area (Å²) in [5, 5.41) is 8.62. The number of aromatic nitrogens is 1. The zero-order valence-electron chi connectivity index (χ0n) is 7.26. The van der Waals surface area contributed by atoms with Crippen molar-refractivity contribution in [1.29, 1.82) is 0 Å². The van der Waals surface area contributed by atoms with Gasteiger partial charge in [-0.05, 0) is 22.6 Å². The summed E-state index contributed by atoms with van der Waals surface area (Å²) in [5.41, 5.74) is -1.62. The Bertz CT molecular complexity index is 482. The van der Waals surface area contributed by atoms with Crippen LogP contribution in [0.2, 0.25) is 0 Å². The van der Waals surface area contributed by atoms with E-state index in [0.717, 1.165) is 6.20 Å². The van der Waals surface area contributed by atoms with Crippen LogP contribution in [0.1, 0.15) is 10.4 Å². The largest absolute Gasteiger partial charge is 0.573 e. The third-order valence-electron chi connectivity index (χ3n) is 1.44. The summed E-state index contributed by atoms with van der Waals surface area (Å²) in [6.45, 7) is 0. The third kappa shape index (κ3) is 2.87.